The number of carbonyl (C=O) groups is 4. The zero-order valence-corrected chi connectivity index (χ0v) is 14.9. The van der Waals surface area contributed by atoms with Crippen molar-refractivity contribution < 1.29 is 29.4 Å². The van der Waals surface area contributed by atoms with Crippen LogP contribution in [0.4, 0.5) is 0 Å². The summed E-state index contributed by atoms with van der Waals surface area (Å²) in [5.74, 6) is -3.59. The second-order valence-corrected chi connectivity index (χ2v) is 6.20. The quantitative estimate of drug-likeness (QED) is 0.597. The van der Waals surface area contributed by atoms with Gasteiger partial charge in [0.1, 0.15) is 6.04 Å². The fourth-order valence-electron chi connectivity index (χ4n) is 2.60. The maximum absolute atomic E-state index is 12.6. The molecule has 8 nitrogen and oxygen atoms in total. The van der Waals surface area contributed by atoms with Crippen molar-refractivity contribution in [3.63, 3.8) is 0 Å². The number of benzene rings is 1. The first-order valence-electron chi connectivity index (χ1n) is 8.19. The van der Waals surface area contributed by atoms with E-state index in [0.717, 1.165) is 5.56 Å². The maximum Gasteiger partial charge on any atom is 0.326 e. The number of aliphatic carboxylic acids is 2. The van der Waals surface area contributed by atoms with Crippen LogP contribution in [0.3, 0.4) is 0 Å². The summed E-state index contributed by atoms with van der Waals surface area (Å²) in [6, 6.07) is 8.80. The predicted molar refractivity (Wildman–Crippen MR) is 95.5 cm³/mol. The smallest absolute Gasteiger partial charge is 0.326 e. The van der Waals surface area contributed by atoms with Crippen LogP contribution in [0.5, 0.6) is 0 Å². The summed E-state index contributed by atoms with van der Waals surface area (Å²) < 4.78 is 1.56. The molecule has 0 aliphatic rings. The summed E-state index contributed by atoms with van der Waals surface area (Å²) in [5, 5.41) is 19.9. The van der Waals surface area contributed by atoms with Gasteiger partial charge in [-0.25, -0.2) is 4.79 Å². The van der Waals surface area contributed by atoms with E-state index in [9.17, 15) is 19.2 Å². The van der Waals surface area contributed by atoms with Crippen LogP contribution in [-0.4, -0.2) is 44.5 Å². The van der Waals surface area contributed by atoms with Crippen LogP contribution in [0.25, 0.3) is 0 Å². The number of aromatic nitrogens is 1. The summed E-state index contributed by atoms with van der Waals surface area (Å²) in [6.07, 6.45) is -0.896. The highest BCUT2D eigenvalue weighted by molar-refractivity contribution is 6.08. The van der Waals surface area contributed by atoms with Gasteiger partial charge in [-0.15, -0.1) is 0 Å². The molecular formula is C19H20N2O6. The van der Waals surface area contributed by atoms with Crippen molar-refractivity contribution in [2.45, 2.75) is 25.8 Å². The van der Waals surface area contributed by atoms with Crippen LogP contribution in [0, 0.1) is 6.92 Å². The second-order valence-electron chi connectivity index (χ2n) is 6.20. The molecule has 0 bridgehead atoms. The van der Waals surface area contributed by atoms with E-state index in [1.165, 1.54) is 0 Å². The zero-order chi connectivity index (χ0) is 20.1. The summed E-state index contributed by atoms with van der Waals surface area (Å²) in [7, 11) is 1.63. The molecule has 27 heavy (non-hydrogen) atoms. The Hall–Kier alpha value is -3.42. The fraction of sp³-hybridized carbons (Fsp3) is 0.263. The largest absolute Gasteiger partial charge is 0.481 e. The molecule has 0 fully saturated rings. The van der Waals surface area contributed by atoms with E-state index in [1.54, 1.807) is 35.9 Å². The van der Waals surface area contributed by atoms with Crippen LogP contribution in [0.15, 0.2) is 36.4 Å². The molecule has 0 aliphatic carbocycles. The number of carboxylic acid groups (broad SMARTS) is 2. The molecule has 1 aromatic heterocycles. The topological polar surface area (TPSA) is 126 Å². The van der Waals surface area contributed by atoms with Gasteiger partial charge < -0.3 is 20.1 Å². The molecule has 2 aromatic rings. The SMILES string of the molecule is Cc1ccc(C(=O)c2ccc(CC(=O)NC(CC(=O)O)C(=O)O)n2C)cc1. The normalized spacial score (nSPS) is 11.6. The van der Waals surface area contributed by atoms with Crippen LogP contribution >= 0.6 is 0 Å². The number of hydrogen-bond donors (Lipinski definition) is 3. The van der Waals surface area contributed by atoms with E-state index >= 15 is 0 Å². The highest BCUT2D eigenvalue weighted by Crippen LogP contribution is 2.14. The monoisotopic (exact) mass is 372 g/mol. The minimum absolute atomic E-state index is 0.179. The zero-order valence-electron chi connectivity index (χ0n) is 14.9. The summed E-state index contributed by atoms with van der Waals surface area (Å²) >= 11 is 0. The number of hydrogen-bond acceptors (Lipinski definition) is 4. The van der Waals surface area contributed by atoms with E-state index in [-0.39, 0.29) is 12.2 Å². The van der Waals surface area contributed by atoms with Crippen molar-refractivity contribution in [1.82, 2.24) is 9.88 Å². The van der Waals surface area contributed by atoms with Gasteiger partial charge in [-0.2, -0.15) is 0 Å². The van der Waals surface area contributed by atoms with Gasteiger partial charge in [0, 0.05) is 18.3 Å². The molecule has 1 unspecified atom stereocenters. The van der Waals surface area contributed by atoms with E-state index in [4.69, 9.17) is 10.2 Å². The minimum Gasteiger partial charge on any atom is -0.481 e. The molecule has 1 heterocycles. The standard InChI is InChI=1S/C19H20N2O6/c1-11-3-5-12(6-4-11)18(25)15-8-7-13(21(15)2)9-16(22)20-14(19(26)27)10-17(23)24/h3-8,14H,9-10H2,1-2H3,(H,20,22)(H,23,24)(H,26,27). The predicted octanol–water partition coefficient (Wildman–Crippen LogP) is 1.15. The third kappa shape index (κ3) is 5.04. The fourth-order valence-corrected chi connectivity index (χ4v) is 2.60. The van der Waals surface area contributed by atoms with E-state index in [0.29, 0.717) is 17.0 Å². The van der Waals surface area contributed by atoms with Gasteiger partial charge in [0.25, 0.3) is 0 Å². The van der Waals surface area contributed by atoms with Crippen LogP contribution in [0.2, 0.25) is 0 Å². The number of aryl methyl sites for hydroxylation is 1. The lowest BCUT2D eigenvalue weighted by Gasteiger charge is -2.13. The number of rotatable bonds is 8. The van der Waals surface area contributed by atoms with E-state index in [2.05, 4.69) is 5.32 Å². The molecule has 0 saturated carbocycles. The van der Waals surface area contributed by atoms with Gasteiger partial charge >= 0.3 is 11.9 Å². The molecule has 3 N–H and O–H groups in total. The van der Waals surface area contributed by atoms with Crippen molar-refractivity contribution >= 4 is 23.6 Å². The molecule has 1 aromatic carbocycles. The highest BCUT2D eigenvalue weighted by atomic mass is 16.4. The average Bonchev–Trinajstić information content (AvgIpc) is 2.94. The van der Waals surface area contributed by atoms with Crippen LogP contribution in [0.1, 0.15) is 33.7 Å². The van der Waals surface area contributed by atoms with Crippen LogP contribution in [-0.2, 0) is 27.9 Å². The van der Waals surface area contributed by atoms with Crippen LogP contribution < -0.4 is 5.32 Å². The minimum atomic E-state index is -1.51. The average molecular weight is 372 g/mol. The van der Waals surface area contributed by atoms with Crippen molar-refractivity contribution in [2.24, 2.45) is 7.05 Å². The lowest BCUT2D eigenvalue weighted by atomic mass is 10.1. The van der Waals surface area contributed by atoms with Gasteiger partial charge in [-0.05, 0) is 19.1 Å². The molecule has 0 spiro atoms. The third-order valence-corrected chi connectivity index (χ3v) is 4.13. The number of nitrogens with one attached hydrogen (secondary N) is 1. The molecule has 0 radical (unpaired) electrons. The lowest BCUT2D eigenvalue weighted by Crippen LogP contribution is -2.43. The molecule has 1 atom stereocenters. The van der Waals surface area contributed by atoms with Gasteiger partial charge in [-0.3, -0.25) is 14.4 Å². The molecule has 0 saturated heterocycles. The summed E-state index contributed by atoms with van der Waals surface area (Å²) in [4.78, 5) is 46.4. The first-order chi connectivity index (χ1) is 12.7. The van der Waals surface area contributed by atoms with Gasteiger partial charge in [0.15, 0.2) is 0 Å². The number of ketones is 1. The Morgan fingerprint density at radius 2 is 1.67 bits per heavy atom. The Kier molecular flexibility index (Phi) is 6.12. The summed E-state index contributed by atoms with van der Waals surface area (Å²) in [6.45, 7) is 1.92. The highest BCUT2D eigenvalue weighted by Gasteiger charge is 2.24. The summed E-state index contributed by atoms with van der Waals surface area (Å²) in [5.41, 5.74) is 2.44. The number of carbonyl (C=O) groups excluding carboxylic acids is 2. The first-order valence-corrected chi connectivity index (χ1v) is 8.19. The lowest BCUT2D eigenvalue weighted by molar-refractivity contribution is -0.147. The molecule has 1 amide bonds. The van der Waals surface area contributed by atoms with Gasteiger partial charge in [-0.1, -0.05) is 29.8 Å². The van der Waals surface area contributed by atoms with Gasteiger partial charge in [0.2, 0.25) is 11.7 Å². The molecule has 2 rings (SSSR count). The Bertz CT molecular complexity index is 882. The van der Waals surface area contributed by atoms with Crippen molar-refractivity contribution in [1.29, 1.82) is 0 Å². The Labute approximate surface area is 155 Å². The molecule has 8 heteroatoms. The van der Waals surface area contributed by atoms with Crippen molar-refractivity contribution in [2.75, 3.05) is 0 Å². The second kappa shape index (κ2) is 8.31. The maximum atomic E-state index is 12.6. The van der Waals surface area contributed by atoms with Crippen molar-refractivity contribution in [3.8, 4) is 0 Å². The Morgan fingerprint density at radius 3 is 2.22 bits per heavy atom. The number of nitrogens with zero attached hydrogens (tertiary/aromatic N) is 1. The molecular weight excluding hydrogens is 352 g/mol. The first kappa shape index (κ1) is 19.9. The van der Waals surface area contributed by atoms with E-state index < -0.39 is 30.3 Å². The number of carboxylic acids is 2. The Balaban J connectivity index is 2.11. The number of amides is 1. The molecule has 0 aliphatic heterocycles. The van der Waals surface area contributed by atoms with Crippen molar-refractivity contribution in [3.05, 3.63) is 58.9 Å². The molecule has 142 valence electrons. The Morgan fingerprint density at radius 1 is 1.04 bits per heavy atom. The van der Waals surface area contributed by atoms with E-state index in [1.807, 2.05) is 19.1 Å². The van der Waals surface area contributed by atoms with Gasteiger partial charge in [0.05, 0.1) is 18.5 Å². The third-order valence-electron chi connectivity index (χ3n) is 4.13.